The van der Waals surface area contributed by atoms with E-state index >= 15 is 0 Å². The highest BCUT2D eigenvalue weighted by molar-refractivity contribution is 7.07. The summed E-state index contributed by atoms with van der Waals surface area (Å²) in [5, 5.41) is 16.9. The first-order valence-electron chi connectivity index (χ1n) is 5.77. The molecule has 0 aliphatic rings. The summed E-state index contributed by atoms with van der Waals surface area (Å²) in [5.41, 5.74) is 2.53. The van der Waals surface area contributed by atoms with Crippen LogP contribution in [0.5, 0.6) is 0 Å². The summed E-state index contributed by atoms with van der Waals surface area (Å²) in [6.45, 7) is 0.987. The zero-order chi connectivity index (χ0) is 11.9. The van der Waals surface area contributed by atoms with Gasteiger partial charge in [0.1, 0.15) is 0 Å². The summed E-state index contributed by atoms with van der Waals surface area (Å²) >= 11 is 1.70. The summed E-state index contributed by atoms with van der Waals surface area (Å²) in [6.07, 6.45) is 0.863. The Labute approximate surface area is 106 Å². The van der Waals surface area contributed by atoms with E-state index in [1.165, 1.54) is 11.1 Å². The van der Waals surface area contributed by atoms with Gasteiger partial charge in [0.25, 0.3) is 0 Å². The van der Waals surface area contributed by atoms with Crippen molar-refractivity contribution in [3.8, 4) is 0 Å². The average Bonchev–Trinajstić information content (AvgIpc) is 2.89. The van der Waals surface area contributed by atoms with Crippen molar-refractivity contribution in [2.45, 2.75) is 19.0 Å². The lowest BCUT2D eigenvalue weighted by Crippen LogP contribution is -2.33. The van der Waals surface area contributed by atoms with Crippen molar-refractivity contribution >= 4 is 11.3 Å². The number of rotatable bonds is 6. The monoisotopic (exact) mass is 247 g/mol. The van der Waals surface area contributed by atoms with Gasteiger partial charge in [-0.25, -0.2) is 0 Å². The molecule has 0 aliphatic carbocycles. The van der Waals surface area contributed by atoms with Gasteiger partial charge >= 0.3 is 0 Å². The van der Waals surface area contributed by atoms with Gasteiger partial charge in [-0.15, -0.1) is 0 Å². The molecule has 2 rings (SSSR count). The van der Waals surface area contributed by atoms with Crippen molar-refractivity contribution in [2.24, 2.45) is 0 Å². The number of hydrogen-bond acceptors (Lipinski definition) is 3. The van der Waals surface area contributed by atoms with Crippen LogP contribution in [0.15, 0.2) is 47.2 Å². The molecular formula is C14H17NOS. The normalized spacial score (nSPS) is 12.5. The molecule has 2 N–H and O–H groups in total. The topological polar surface area (TPSA) is 32.3 Å². The van der Waals surface area contributed by atoms with Crippen LogP contribution < -0.4 is 5.32 Å². The third kappa shape index (κ3) is 3.97. The lowest BCUT2D eigenvalue weighted by Gasteiger charge is -2.15. The molecule has 3 heteroatoms. The molecule has 2 aromatic rings. The maximum Gasteiger partial charge on any atom is 0.0587 e. The van der Waals surface area contributed by atoms with Gasteiger partial charge in [-0.05, 0) is 34.4 Å². The van der Waals surface area contributed by atoms with Crippen molar-refractivity contribution < 1.29 is 5.11 Å². The van der Waals surface area contributed by atoms with Crippen molar-refractivity contribution in [1.29, 1.82) is 0 Å². The zero-order valence-electron chi connectivity index (χ0n) is 9.67. The van der Waals surface area contributed by atoms with E-state index in [9.17, 15) is 5.11 Å². The lowest BCUT2D eigenvalue weighted by molar-refractivity contribution is 0.241. The van der Waals surface area contributed by atoms with E-state index in [0.717, 1.165) is 13.0 Å². The van der Waals surface area contributed by atoms with Crippen LogP contribution in [0.2, 0.25) is 0 Å². The Morgan fingerprint density at radius 2 is 1.94 bits per heavy atom. The van der Waals surface area contributed by atoms with Gasteiger partial charge in [0.15, 0.2) is 0 Å². The fourth-order valence-electron chi connectivity index (χ4n) is 1.76. The Hall–Kier alpha value is -1.16. The van der Waals surface area contributed by atoms with E-state index in [1.807, 2.05) is 18.2 Å². The maximum absolute atomic E-state index is 9.36. The molecule has 0 fully saturated rings. The van der Waals surface area contributed by atoms with Crippen LogP contribution in [0, 0.1) is 0 Å². The van der Waals surface area contributed by atoms with E-state index in [2.05, 4.69) is 34.3 Å². The minimum absolute atomic E-state index is 0.122. The van der Waals surface area contributed by atoms with Crippen LogP contribution in [0.3, 0.4) is 0 Å². The number of nitrogens with one attached hydrogen (secondary N) is 1. The highest BCUT2D eigenvalue weighted by atomic mass is 32.1. The SMILES string of the molecule is OCC(Cc1ccccc1)NCc1ccsc1. The first-order valence-corrected chi connectivity index (χ1v) is 6.72. The van der Waals surface area contributed by atoms with E-state index < -0.39 is 0 Å². The van der Waals surface area contributed by atoms with Crippen LogP contribution in [0.4, 0.5) is 0 Å². The van der Waals surface area contributed by atoms with Crippen LogP contribution in [0.1, 0.15) is 11.1 Å². The van der Waals surface area contributed by atoms with E-state index in [-0.39, 0.29) is 12.6 Å². The second kappa shape index (κ2) is 6.55. The predicted octanol–water partition coefficient (Wildman–Crippen LogP) is 2.44. The fourth-order valence-corrected chi connectivity index (χ4v) is 2.42. The fraction of sp³-hybridized carbons (Fsp3) is 0.286. The number of aliphatic hydroxyl groups is 1. The van der Waals surface area contributed by atoms with Crippen LogP contribution in [0.25, 0.3) is 0 Å². The quantitative estimate of drug-likeness (QED) is 0.822. The molecule has 0 spiro atoms. The number of thiophene rings is 1. The minimum Gasteiger partial charge on any atom is -0.395 e. The van der Waals surface area contributed by atoms with Gasteiger partial charge < -0.3 is 10.4 Å². The predicted molar refractivity (Wildman–Crippen MR) is 72.2 cm³/mol. The maximum atomic E-state index is 9.36. The van der Waals surface area contributed by atoms with E-state index in [1.54, 1.807) is 11.3 Å². The summed E-state index contributed by atoms with van der Waals surface area (Å²) in [6, 6.07) is 12.5. The van der Waals surface area contributed by atoms with Crippen molar-refractivity contribution in [1.82, 2.24) is 5.32 Å². The largest absolute Gasteiger partial charge is 0.395 e. The lowest BCUT2D eigenvalue weighted by atomic mass is 10.1. The minimum atomic E-state index is 0.122. The Bertz CT molecular complexity index is 413. The molecule has 90 valence electrons. The summed E-state index contributed by atoms with van der Waals surface area (Å²) in [4.78, 5) is 0. The molecule has 0 amide bonds. The second-order valence-corrected chi connectivity index (χ2v) is 4.86. The molecule has 0 radical (unpaired) electrons. The van der Waals surface area contributed by atoms with Crippen LogP contribution in [-0.2, 0) is 13.0 Å². The van der Waals surface area contributed by atoms with Crippen molar-refractivity contribution in [3.05, 3.63) is 58.3 Å². The molecule has 1 atom stereocenters. The Morgan fingerprint density at radius 1 is 1.12 bits per heavy atom. The molecule has 17 heavy (non-hydrogen) atoms. The molecule has 1 unspecified atom stereocenters. The number of hydrogen-bond donors (Lipinski definition) is 2. The third-order valence-corrected chi connectivity index (χ3v) is 3.45. The summed E-state index contributed by atoms with van der Waals surface area (Å²) in [7, 11) is 0. The molecule has 0 saturated heterocycles. The van der Waals surface area contributed by atoms with Crippen molar-refractivity contribution in [2.75, 3.05) is 6.61 Å². The molecule has 1 aromatic carbocycles. The van der Waals surface area contributed by atoms with E-state index in [0.29, 0.717) is 0 Å². The highest BCUT2D eigenvalue weighted by Crippen LogP contribution is 2.07. The molecule has 0 bridgehead atoms. The van der Waals surface area contributed by atoms with Gasteiger partial charge in [0, 0.05) is 12.6 Å². The Morgan fingerprint density at radius 3 is 2.59 bits per heavy atom. The van der Waals surface area contributed by atoms with E-state index in [4.69, 9.17) is 0 Å². The molecule has 1 heterocycles. The molecule has 0 aliphatic heterocycles. The smallest absolute Gasteiger partial charge is 0.0587 e. The highest BCUT2D eigenvalue weighted by Gasteiger charge is 2.07. The Balaban J connectivity index is 1.85. The average molecular weight is 247 g/mol. The van der Waals surface area contributed by atoms with Crippen LogP contribution >= 0.6 is 11.3 Å². The molecule has 0 saturated carbocycles. The first-order chi connectivity index (χ1) is 8.38. The van der Waals surface area contributed by atoms with Gasteiger partial charge in [0.2, 0.25) is 0 Å². The number of aliphatic hydroxyl groups excluding tert-OH is 1. The standard InChI is InChI=1S/C14H17NOS/c16-10-14(8-12-4-2-1-3-5-12)15-9-13-6-7-17-11-13/h1-7,11,14-16H,8-10H2. The first kappa shape index (κ1) is 12.3. The molecular weight excluding hydrogens is 230 g/mol. The second-order valence-electron chi connectivity index (χ2n) is 4.08. The number of benzene rings is 1. The molecule has 1 aromatic heterocycles. The summed E-state index contributed by atoms with van der Waals surface area (Å²) < 4.78 is 0. The zero-order valence-corrected chi connectivity index (χ0v) is 10.5. The van der Waals surface area contributed by atoms with Gasteiger partial charge in [-0.3, -0.25) is 0 Å². The third-order valence-electron chi connectivity index (χ3n) is 2.72. The molecule has 2 nitrogen and oxygen atoms in total. The summed E-state index contributed by atoms with van der Waals surface area (Å²) in [5.74, 6) is 0. The van der Waals surface area contributed by atoms with Gasteiger partial charge in [0.05, 0.1) is 6.61 Å². The van der Waals surface area contributed by atoms with Gasteiger partial charge in [-0.1, -0.05) is 30.3 Å². The van der Waals surface area contributed by atoms with Crippen molar-refractivity contribution in [3.63, 3.8) is 0 Å². The van der Waals surface area contributed by atoms with Crippen LogP contribution in [-0.4, -0.2) is 17.8 Å². The van der Waals surface area contributed by atoms with Gasteiger partial charge in [-0.2, -0.15) is 11.3 Å². The Kier molecular flexibility index (Phi) is 4.74.